The topological polar surface area (TPSA) is 160 Å². The summed E-state index contributed by atoms with van der Waals surface area (Å²) in [4.78, 5) is 11.9. The van der Waals surface area contributed by atoms with E-state index in [1.54, 1.807) is 0 Å². The molecule has 0 aliphatic carbocycles. The van der Waals surface area contributed by atoms with Crippen molar-refractivity contribution < 1.29 is 36.3 Å². The van der Waals surface area contributed by atoms with E-state index in [4.69, 9.17) is 14.7 Å². The van der Waals surface area contributed by atoms with Gasteiger partial charge in [0.05, 0.1) is 24.0 Å². The molecule has 0 aromatic heterocycles. The minimum Gasteiger partial charge on any atom is -0.497 e. The van der Waals surface area contributed by atoms with Crippen LogP contribution in [0.4, 0.5) is 0 Å². The van der Waals surface area contributed by atoms with E-state index in [2.05, 4.69) is 9.44 Å². The molecule has 0 saturated carbocycles. The number of hydrogen-bond donors (Lipinski definition) is 4. The predicted molar refractivity (Wildman–Crippen MR) is 114 cm³/mol. The van der Waals surface area contributed by atoms with Crippen LogP contribution in [0.15, 0.2) is 58.3 Å². The third kappa shape index (κ3) is 6.90. The Hall–Kier alpha value is -2.71. The number of hydrogen-bond acceptors (Lipinski definition) is 8. The van der Waals surface area contributed by atoms with E-state index in [0.717, 1.165) is 0 Å². The zero-order chi connectivity index (χ0) is 23.8. The summed E-state index contributed by atoms with van der Waals surface area (Å²) in [6, 6.07) is 9.95. The Kier molecular flexibility index (Phi) is 8.98. The number of ether oxygens (including phenoxy) is 2. The van der Waals surface area contributed by atoms with Crippen molar-refractivity contribution in [2.24, 2.45) is 0 Å². The number of carbonyl (C=O) groups is 1. The number of sulfonamides is 2. The number of nitrogens with one attached hydrogen (secondary N) is 3. The fourth-order valence-corrected chi connectivity index (χ4v) is 4.99. The van der Waals surface area contributed by atoms with Crippen LogP contribution in [0, 0.1) is 0 Å². The fourth-order valence-electron chi connectivity index (χ4n) is 2.68. The van der Waals surface area contributed by atoms with Gasteiger partial charge in [-0.25, -0.2) is 27.0 Å². The van der Waals surface area contributed by atoms with E-state index in [1.165, 1.54) is 68.2 Å². The Bertz CT molecular complexity index is 1100. The van der Waals surface area contributed by atoms with Gasteiger partial charge in [0.2, 0.25) is 20.0 Å². The largest absolute Gasteiger partial charge is 0.497 e. The monoisotopic (exact) mass is 487 g/mol. The first-order valence-electron chi connectivity index (χ1n) is 9.37. The van der Waals surface area contributed by atoms with E-state index < -0.39 is 32.0 Å². The second-order valence-electron chi connectivity index (χ2n) is 6.54. The zero-order valence-corrected chi connectivity index (χ0v) is 19.1. The van der Waals surface area contributed by atoms with Gasteiger partial charge in [-0.1, -0.05) is 0 Å². The molecular formula is C19H25N3O8S2. The average molecular weight is 488 g/mol. The molecule has 11 nitrogen and oxygen atoms in total. The summed E-state index contributed by atoms with van der Waals surface area (Å²) in [5.41, 5.74) is 1.41. The lowest BCUT2D eigenvalue weighted by Gasteiger charge is -2.17. The lowest BCUT2D eigenvalue weighted by molar-refractivity contribution is -0.131. The minimum atomic E-state index is -4.08. The minimum absolute atomic E-state index is 0.0307. The fraction of sp³-hybridized carbons (Fsp3) is 0.316. The number of hydroxylamine groups is 1. The second-order valence-corrected chi connectivity index (χ2v) is 10.0. The van der Waals surface area contributed by atoms with Crippen LogP contribution in [0.3, 0.4) is 0 Å². The van der Waals surface area contributed by atoms with Crippen LogP contribution in [-0.2, 0) is 24.8 Å². The Morgan fingerprint density at radius 3 is 1.78 bits per heavy atom. The molecule has 2 rings (SSSR count). The van der Waals surface area contributed by atoms with Gasteiger partial charge in [-0.05, 0) is 61.4 Å². The highest BCUT2D eigenvalue weighted by atomic mass is 32.2. The van der Waals surface area contributed by atoms with Crippen LogP contribution in [0.5, 0.6) is 11.5 Å². The van der Waals surface area contributed by atoms with Crippen molar-refractivity contribution >= 4 is 26.0 Å². The molecule has 2 aromatic carbocycles. The van der Waals surface area contributed by atoms with Crippen molar-refractivity contribution in [2.45, 2.75) is 28.7 Å². The molecule has 0 spiro atoms. The summed E-state index contributed by atoms with van der Waals surface area (Å²) in [6.45, 7) is -0.0617. The quantitative estimate of drug-likeness (QED) is 0.192. The third-order valence-electron chi connectivity index (χ3n) is 4.43. The maximum Gasteiger partial charge on any atom is 0.261 e. The molecule has 4 N–H and O–H groups in total. The molecule has 0 radical (unpaired) electrons. The Labute approximate surface area is 186 Å². The van der Waals surface area contributed by atoms with E-state index in [-0.39, 0.29) is 29.2 Å². The summed E-state index contributed by atoms with van der Waals surface area (Å²) >= 11 is 0. The van der Waals surface area contributed by atoms with Crippen molar-refractivity contribution in [3.63, 3.8) is 0 Å². The smallest absolute Gasteiger partial charge is 0.261 e. The second kappa shape index (κ2) is 11.2. The van der Waals surface area contributed by atoms with E-state index >= 15 is 0 Å². The number of carbonyl (C=O) groups excluding carboxylic acids is 1. The van der Waals surface area contributed by atoms with Crippen molar-refractivity contribution in [3.05, 3.63) is 48.5 Å². The Morgan fingerprint density at radius 1 is 0.875 bits per heavy atom. The van der Waals surface area contributed by atoms with E-state index in [9.17, 15) is 21.6 Å². The highest BCUT2D eigenvalue weighted by Crippen LogP contribution is 2.17. The standard InChI is InChI=1S/C19H25N3O8S2/c1-29-14-5-9-16(10-6-14)31(25,26)20-13-3-4-18(19(23)21-24)22-32(27,28)17-11-7-15(30-2)8-12-17/h5-12,18,20,22,24H,3-4,13H2,1-2H3,(H,21,23)/t18-/m0/s1. The number of amides is 1. The molecule has 2 aromatic rings. The number of methoxy groups -OCH3 is 2. The van der Waals surface area contributed by atoms with Crippen LogP contribution < -0.4 is 24.4 Å². The van der Waals surface area contributed by atoms with Crippen molar-refractivity contribution in [1.82, 2.24) is 14.9 Å². The highest BCUT2D eigenvalue weighted by Gasteiger charge is 2.25. The van der Waals surface area contributed by atoms with Crippen LogP contribution >= 0.6 is 0 Å². The number of rotatable bonds is 12. The summed E-state index contributed by atoms with van der Waals surface area (Å²) < 4.78 is 64.3. The first-order valence-corrected chi connectivity index (χ1v) is 12.3. The SMILES string of the molecule is COc1ccc(S(=O)(=O)NCCC[C@H](NS(=O)(=O)c2ccc(OC)cc2)C(=O)NO)cc1. The highest BCUT2D eigenvalue weighted by molar-refractivity contribution is 7.89. The maximum absolute atomic E-state index is 12.6. The van der Waals surface area contributed by atoms with Crippen LogP contribution in [0.1, 0.15) is 12.8 Å². The van der Waals surface area contributed by atoms with Crippen LogP contribution in [0.25, 0.3) is 0 Å². The molecule has 0 heterocycles. The molecular weight excluding hydrogens is 462 g/mol. The maximum atomic E-state index is 12.6. The Balaban J connectivity index is 1.99. The van der Waals surface area contributed by atoms with Gasteiger partial charge < -0.3 is 9.47 Å². The molecule has 0 unspecified atom stereocenters. The molecule has 1 amide bonds. The van der Waals surface area contributed by atoms with E-state index in [1.807, 2.05) is 0 Å². The van der Waals surface area contributed by atoms with Crippen molar-refractivity contribution in [2.75, 3.05) is 20.8 Å². The van der Waals surface area contributed by atoms with Gasteiger partial charge in [-0.2, -0.15) is 4.72 Å². The molecule has 0 fully saturated rings. The Morgan fingerprint density at radius 2 is 1.34 bits per heavy atom. The van der Waals surface area contributed by atoms with Gasteiger partial charge in [0.25, 0.3) is 5.91 Å². The molecule has 0 aliphatic rings. The molecule has 0 saturated heterocycles. The van der Waals surface area contributed by atoms with Crippen LogP contribution in [-0.4, -0.2) is 54.8 Å². The van der Waals surface area contributed by atoms with Crippen molar-refractivity contribution in [3.8, 4) is 11.5 Å². The summed E-state index contributed by atoms with van der Waals surface area (Å²) in [7, 11) is -4.98. The van der Waals surface area contributed by atoms with Crippen LogP contribution in [0.2, 0.25) is 0 Å². The van der Waals surface area contributed by atoms with Gasteiger partial charge in [0.1, 0.15) is 17.5 Å². The molecule has 13 heteroatoms. The summed E-state index contributed by atoms with van der Waals surface area (Å²) in [5, 5.41) is 8.95. The molecule has 32 heavy (non-hydrogen) atoms. The molecule has 176 valence electrons. The molecule has 0 bridgehead atoms. The van der Waals surface area contributed by atoms with Crippen molar-refractivity contribution in [1.29, 1.82) is 0 Å². The average Bonchev–Trinajstić information content (AvgIpc) is 2.80. The normalized spacial score (nSPS) is 12.7. The first-order chi connectivity index (χ1) is 15.1. The third-order valence-corrected chi connectivity index (χ3v) is 7.39. The lowest BCUT2D eigenvalue weighted by atomic mass is 10.1. The van der Waals surface area contributed by atoms with E-state index in [0.29, 0.717) is 11.5 Å². The molecule has 0 aliphatic heterocycles. The van der Waals surface area contributed by atoms with Gasteiger partial charge >= 0.3 is 0 Å². The predicted octanol–water partition coefficient (Wildman–Crippen LogP) is 0.615. The summed E-state index contributed by atoms with van der Waals surface area (Å²) in [6.07, 6.45) is 0.0332. The summed E-state index contributed by atoms with van der Waals surface area (Å²) in [5.74, 6) is -0.0104. The lowest BCUT2D eigenvalue weighted by Crippen LogP contribution is -2.46. The molecule has 1 atom stereocenters. The van der Waals surface area contributed by atoms with Gasteiger partial charge in [0.15, 0.2) is 0 Å². The van der Waals surface area contributed by atoms with Gasteiger partial charge in [-0.3, -0.25) is 10.0 Å². The van der Waals surface area contributed by atoms with Gasteiger partial charge in [-0.15, -0.1) is 0 Å². The first kappa shape index (κ1) is 25.5. The van der Waals surface area contributed by atoms with Gasteiger partial charge in [0, 0.05) is 6.54 Å². The number of benzene rings is 2. The zero-order valence-electron chi connectivity index (χ0n) is 17.4.